The minimum atomic E-state index is 0. The summed E-state index contributed by atoms with van der Waals surface area (Å²) in [5.74, 6) is 1.59. The number of aliphatic imine (C=N–C) groups is 1. The highest BCUT2D eigenvalue weighted by Gasteiger charge is 2.22. The van der Waals surface area contributed by atoms with Gasteiger partial charge >= 0.3 is 0 Å². The van der Waals surface area contributed by atoms with E-state index >= 15 is 0 Å². The molecule has 7 heteroatoms. The van der Waals surface area contributed by atoms with Crippen molar-refractivity contribution < 1.29 is 0 Å². The summed E-state index contributed by atoms with van der Waals surface area (Å²) < 4.78 is 0. The number of rotatable bonds is 8. The Labute approximate surface area is 196 Å². The van der Waals surface area contributed by atoms with E-state index in [1.165, 1.54) is 35.0 Å². The van der Waals surface area contributed by atoms with Gasteiger partial charge in [0, 0.05) is 44.5 Å². The van der Waals surface area contributed by atoms with E-state index in [1.54, 1.807) is 11.3 Å². The molecule has 1 aromatic heterocycles. The number of likely N-dealkylation sites (tertiary alicyclic amines) is 1. The van der Waals surface area contributed by atoms with Gasteiger partial charge in [0.2, 0.25) is 0 Å². The van der Waals surface area contributed by atoms with Gasteiger partial charge in [-0.1, -0.05) is 30.3 Å². The van der Waals surface area contributed by atoms with Crippen LogP contribution >= 0.6 is 35.3 Å². The molecule has 29 heavy (non-hydrogen) atoms. The lowest BCUT2D eigenvalue weighted by atomic mass is 10.1. The van der Waals surface area contributed by atoms with E-state index in [0.717, 1.165) is 44.1 Å². The predicted molar refractivity (Wildman–Crippen MR) is 135 cm³/mol. The van der Waals surface area contributed by atoms with E-state index < -0.39 is 0 Å². The predicted octanol–water partition coefficient (Wildman–Crippen LogP) is 3.65. The molecule has 3 rings (SSSR count). The Bertz CT molecular complexity index is 742. The molecule has 2 N–H and O–H groups in total. The molecule has 1 aromatic carbocycles. The summed E-state index contributed by atoms with van der Waals surface area (Å²) in [7, 11) is 1.84. The molecule has 0 amide bonds. The highest BCUT2D eigenvalue weighted by atomic mass is 127. The lowest BCUT2D eigenvalue weighted by molar-refractivity contribution is 0.328. The van der Waals surface area contributed by atoms with Crippen molar-refractivity contribution in [2.45, 2.75) is 33.1 Å². The summed E-state index contributed by atoms with van der Waals surface area (Å²) in [5.41, 5.74) is 2.58. The van der Waals surface area contributed by atoms with Crippen LogP contribution in [0.1, 0.15) is 27.6 Å². The fraction of sp³-hybridized carbons (Fsp3) is 0.545. The number of benzene rings is 1. The van der Waals surface area contributed by atoms with E-state index in [0.29, 0.717) is 5.92 Å². The summed E-state index contributed by atoms with van der Waals surface area (Å²) >= 11 is 1.79. The molecule has 0 saturated carbocycles. The summed E-state index contributed by atoms with van der Waals surface area (Å²) in [6.45, 7) is 9.59. The molecule has 0 spiro atoms. The zero-order chi connectivity index (χ0) is 19.8. The molecule has 1 unspecified atom stereocenters. The molecule has 2 aromatic rings. The van der Waals surface area contributed by atoms with Crippen molar-refractivity contribution in [3.8, 4) is 0 Å². The Morgan fingerprint density at radius 1 is 1.21 bits per heavy atom. The lowest BCUT2D eigenvalue weighted by Crippen LogP contribution is -2.41. The molecule has 1 aliphatic heterocycles. The maximum Gasteiger partial charge on any atom is 0.191 e. The first-order valence-electron chi connectivity index (χ1n) is 10.3. The van der Waals surface area contributed by atoms with Crippen molar-refractivity contribution >= 4 is 41.3 Å². The molecule has 1 atom stereocenters. The number of halogens is 1. The van der Waals surface area contributed by atoms with Gasteiger partial charge in [-0.3, -0.25) is 4.99 Å². The minimum absolute atomic E-state index is 0. The van der Waals surface area contributed by atoms with Gasteiger partial charge in [0.25, 0.3) is 0 Å². The number of hydrogen-bond donors (Lipinski definition) is 2. The topological polar surface area (TPSA) is 52.6 Å². The van der Waals surface area contributed by atoms with Gasteiger partial charge in [0.1, 0.15) is 0 Å². The number of thiazole rings is 1. The van der Waals surface area contributed by atoms with Crippen molar-refractivity contribution in [3.63, 3.8) is 0 Å². The summed E-state index contributed by atoms with van der Waals surface area (Å²) in [4.78, 5) is 12.9. The van der Waals surface area contributed by atoms with Crippen LogP contribution in [0.5, 0.6) is 0 Å². The Kier molecular flexibility index (Phi) is 10.4. The lowest BCUT2D eigenvalue weighted by Gasteiger charge is -2.17. The standard InChI is InChI=1S/C22H33N5S.HI/c1-17-18(2)28-21(26-17)9-12-24-22(23-3)25-15-20-11-14-27(16-20)13-10-19-7-5-4-6-8-19;/h4-8,20H,9-16H2,1-3H3,(H2,23,24,25);1H. The molecular weight excluding hydrogens is 493 g/mol. The molecule has 0 bridgehead atoms. The molecule has 1 aliphatic rings. The van der Waals surface area contributed by atoms with E-state index in [4.69, 9.17) is 0 Å². The quantitative estimate of drug-likeness (QED) is 0.313. The first-order chi connectivity index (χ1) is 13.6. The van der Waals surface area contributed by atoms with Gasteiger partial charge in [-0.2, -0.15) is 0 Å². The Balaban J connectivity index is 0.00000300. The summed E-state index contributed by atoms with van der Waals surface area (Å²) in [6.07, 6.45) is 3.34. The maximum atomic E-state index is 4.60. The van der Waals surface area contributed by atoms with E-state index in [9.17, 15) is 0 Å². The second-order valence-electron chi connectivity index (χ2n) is 7.57. The highest BCUT2D eigenvalue weighted by Crippen LogP contribution is 2.17. The second kappa shape index (κ2) is 12.5. The Hall–Kier alpha value is -1.19. The second-order valence-corrected chi connectivity index (χ2v) is 8.86. The number of nitrogens with one attached hydrogen (secondary N) is 2. The van der Waals surface area contributed by atoms with E-state index in [2.05, 4.69) is 69.7 Å². The van der Waals surface area contributed by atoms with Gasteiger partial charge in [-0.25, -0.2) is 4.98 Å². The minimum Gasteiger partial charge on any atom is -0.356 e. The van der Waals surface area contributed by atoms with Gasteiger partial charge in [0.05, 0.1) is 10.7 Å². The number of nitrogens with zero attached hydrogens (tertiary/aromatic N) is 3. The van der Waals surface area contributed by atoms with Crippen LogP contribution in [0.4, 0.5) is 0 Å². The number of aromatic nitrogens is 1. The maximum absolute atomic E-state index is 4.60. The molecule has 1 saturated heterocycles. The van der Waals surface area contributed by atoms with Gasteiger partial charge in [0.15, 0.2) is 5.96 Å². The molecule has 2 heterocycles. The molecule has 1 fully saturated rings. The van der Waals surface area contributed by atoms with Crippen LogP contribution in [0.25, 0.3) is 0 Å². The van der Waals surface area contributed by atoms with Gasteiger partial charge in [-0.15, -0.1) is 35.3 Å². The molecular formula is C22H34IN5S. The van der Waals surface area contributed by atoms with E-state index in [1.807, 2.05) is 7.05 Å². The van der Waals surface area contributed by atoms with Crippen LogP contribution < -0.4 is 10.6 Å². The highest BCUT2D eigenvalue weighted by molar-refractivity contribution is 14.0. The third kappa shape index (κ3) is 7.86. The first kappa shape index (κ1) is 24.1. The van der Waals surface area contributed by atoms with Crippen molar-refractivity contribution in [1.82, 2.24) is 20.5 Å². The van der Waals surface area contributed by atoms with Crippen LogP contribution in [0.15, 0.2) is 35.3 Å². The van der Waals surface area contributed by atoms with Crippen LogP contribution in [0.2, 0.25) is 0 Å². The van der Waals surface area contributed by atoms with Crippen LogP contribution in [0.3, 0.4) is 0 Å². The van der Waals surface area contributed by atoms with E-state index in [-0.39, 0.29) is 24.0 Å². The van der Waals surface area contributed by atoms with Crippen LogP contribution in [-0.4, -0.2) is 55.6 Å². The van der Waals surface area contributed by atoms with Crippen molar-refractivity contribution in [2.24, 2.45) is 10.9 Å². The zero-order valence-corrected chi connectivity index (χ0v) is 20.9. The van der Waals surface area contributed by atoms with Crippen molar-refractivity contribution in [2.75, 3.05) is 39.8 Å². The Morgan fingerprint density at radius 3 is 2.69 bits per heavy atom. The van der Waals surface area contributed by atoms with Crippen LogP contribution in [0, 0.1) is 19.8 Å². The Morgan fingerprint density at radius 2 is 2.00 bits per heavy atom. The number of aryl methyl sites for hydroxylation is 2. The van der Waals surface area contributed by atoms with Gasteiger partial charge < -0.3 is 15.5 Å². The fourth-order valence-electron chi connectivity index (χ4n) is 3.61. The molecule has 5 nitrogen and oxygen atoms in total. The summed E-state index contributed by atoms with van der Waals surface area (Å²) in [5, 5.41) is 8.12. The SMILES string of the molecule is CN=C(NCCc1nc(C)c(C)s1)NCC1CCN(CCc2ccccc2)C1.I. The third-order valence-electron chi connectivity index (χ3n) is 5.42. The molecule has 0 aliphatic carbocycles. The van der Waals surface area contributed by atoms with Crippen molar-refractivity contribution in [1.29, 1.82) is 0 Å². The van der Waals surface area contributed by atoms with Crippen molar-refractivity contribution in [3.05, 3.63) is 51.5 Å². The molecule has 0 radical (unpaired) electrons. The number of guanidine groups is 1. The average Bonchev–Trinajstić information content (AvgIpc) is 3.29. The smallest absolute Gasteiger partial charge is 0.191 e. The molecule has 160 valence electrons. The normalized spacial score (nSPS) is 17.2. The largest absolute Gasteiger partial charge is 0.356 e. The fourth-order valence-corrected chi connectivity index (χ4v) is 4.54. The van der Waals surface area contributed by atoms with Crippen LogP contribution in [-0.2, 0) is 12.8 Å². The monoisotopic (exact) mass is 527 g/mol. The van der Waals surface area contributed by atoms with Gasteiger partial charge in [-0.05, 0) is 44.7 Å². The summed E-state index contributed by atoms with van der Waals surface area (Å²) in [6, 6.07) is 10.8. The number of hydrogen-bond acceptors (Lipinski definition) is 4. The third-order valence-corrected chi connectivity index (χ3v) is 6.55. The first-order valence-corrected chi connectivity index (χ1v) is 11.1. The zero-order valence-electron chi connectivity index (χ0n) is 17.8. The average molecular weight is 528 g/mol.